The van der Waals surface area contributed by atoms with Crippen molar-refractivity contribution in [1.29, 1.82) is 0 Å². The lowest BCUT2D eigenvalue weighted by molar-refractivity contribution is 0.194. The van der Waals surface area contributed by atoms with Crippen LogP contribution in [0.3, 0.4) is 0 Å². The summed E-state index contributed by atoms with van der Waals surface area (Å²) >= 11 is 1.85. The molecule has 2 aromatic heterocycles. The van der Waals surface area contributed by atoms with Gasteiger partial charge in [0, 0.05) is 22.3 Å². The Morgan fingerprint density at radius 3 is 2.78 bits per heavy atom. The zero-order chi connectivity index (χ0) is 24.8. The summed E-state index contributed by atoms with van der Waals surface area (Å²) in [6.07, 6.45) is 6.61. The number of carbonyl (C=O) groups is 1. The fourth-order valence-corrected chi connectivity index (χ4v) is 6.82. The standard InChI is InChI=1S/C29H28FN3O2S/c1-18-12-13-20(16-24(18)30)31-29(34)33-17-23-22-9-3-4-11-26(22)36-28(23)32-14-6-10-25(32)27(33)19-7-5-8-21(15-19)35-2/h5-8,10,12-16,27H,3-4,9,11,17H2,1-2H3,(H,31,34)/t27-/m0/s1. The molecular formula is C29H28FN3O2S. The molecule has 0 bridgehead atoms. The summed E-state index contributed by atoms with van der Waals surface area (Å²) < 4.78 is 22.0. The van der Waals surface area contributed by atoms with Crippen LogP contribution in [0, 0.1) is 12.7 Å². The fraction of sp³-hybridized carbons (Fsp3) is 0.276. The smallest absolute Gasteiger partial charge is 0.322 e. The predicted octanol–water partition coefficient (Wildman–Crippen LogP) is 7.01. The van der Waals surface area contributed by atoms with Gasteiger partial charge in [0.1, 0.15) is 16.6 Å². The lowest BCUT2D eigenvalue weighted by Crippen LogP contribution is -2.38. The Kier molecular flexibility index (Phi) is 5.80. The first-order valence-corrected chi connectivity index (χ1v) is 13.1. The van der Waals surface area contributed by atoms with Gasteiger partial charge in [0.25, 0.3) is 0 Å². The molecule has 0 radical (unpaired) electrons. The Labute approximate surface area is 214 Å². The molecule has 0 spiro atoms. The van der Waals surface area contributed by atoms with Gasteiger partial charge in [0.2, 0.25) is 0 Å². The SMILES string of the molecule is COc1cccc([C@H]2c3cccn3-c3sc4c(c3CN2C(=O)Nc2ccc(C)c(F)c2)CCCC4)c1. The highest BCUT2D eigenvalue weighted by Crippen LogP contribution is 2.44. The summed E-state index contributed by atoms with van der Waals surface area (Å²) in [5.74, 6) is 0.402. The van der Waals surface area contributed by atoms with Crippen LogP contribution in [0.1, 0.15) is 51.7 Å². The van der Waals surface area contributed by atoms with Crippen LogP contribution in [0.15, 0.2) is 60.8 Å². The number of urea groups is 1. The Morgan fingerprint density at radius 2 is 1.94 bits per heavy atom. The number of ether oxygens (including phenoxy) is 1. The zero-order valence-electron chi connectivity index (χ0n) is 20.4. The summed E-state index contributed by atoms with van der Waals surface area (Å²) in [6, 6.07) is 16.2. The van der Waals surface area contributed by atoms with Gasteiger partial charge in [0.05, 0.1) is 25.4 Å². The number of aromatic nitrogens is 1. The molecule has 2 aromatic carbocycles. The minimum absolute atomic E-state index is 0.262. The molecule has 0 saturated carbocycles. The summed E-state index contributed by atoms with van der Waals surface area (Å²) in [5.41, 5.74) is 5.59. The van der Waals surface area contributed by atoms with E-state index in [1.807, 2.05) is 46.6 Å². The molecular weight excluding hydrogens is 473 g/mol. The molecule has 3 heterocycles. The van der Waals surface area contributed by atoms with E-state index in [1.54, 1.807) is 26.2 Å². The summed E-state index contributed by atoms with van der Waals surface area (Å²) in [6.45, 7) is 2.19. The van der Waals surface area contributed by atoms with Crippen LogP contribution in [0.5, 0.6) is 5.75 Å². The van der Waals surface area contributed by atoms with Crippen molar-refractivity contribution in [1.82, 2.24) is 9.47 Å². The monoisotopic (exact) mass is 501 g/mol. The first kappa shape index (κ1) is 22.9. The second-order valence-electron chi connectivity index (χ2n) is 9.50. The number of halogens is 1. The number of benzene rings is 2. The molecule has 0 saturated heterocycles. The minimum Gasteiger partial charge on any atom is -0.497 e. The van der Waals surface area contributed by atoms with Crippen molar-refractivity contribution in [3.05, 3.63) is 99.4 Å². The number of anilines is 1. The normalized spacial score (nSPS) is 16.5. The van der Waals surface area contributed by atoms with Crippen LogP contribution < -0.4 is 10.1 Å². The number of aryl methyl sites for hydroxylation is 2. The van der Waals surface area contributed by atoms with Gasteiger partial charge >= 0.3 is 6.03 Å². The number of methoxy groups -OCH3 is 1. The number of rotatable bonds is 3. The van der Waals surface area contributed by atoms with Crippen LogP contribution >= 0.6 is 11.3 Å². The Hall–Kier alpha value is -3.58. The molecule has 7 heteroatoms. The third-order valence-corrected chi connectivity index (χ3v) is 8.61. The fourth-order valence-electron chi connectivity index (χ4n) is 5.41. The molecule has 5 nitrogen and oxygen atoms in total. The third-order valence-electron chi connectivity index (χ3n) is 7.27. The average Bonchev–Trinajstić information content (AvgIpc) is 3.48. The van der Waals surface area contributed by atoms with Crippen LogP contribution in [0.4, 0.5) is 14.9 Å². The molecule has 1 atom stereocenters. The number of fused-ring (bicyclic) bond motifs is 5. The summed E-state index contributed by atoms with van der Waals surface area (Å²) in [7, 11) is 1.65. The lowest BCUT2D eigenvalue weighted by atomic mass is 9.95. The van der Waals surface area contributed by atoms with Gasteiger partial charge in [0.15, 0.2) is 0 Å². The number of carbonyl (C=O) groups excluding carboxylic acids is 1. The van der Waals surface area contributed by atoms with E-state index in [1.165, 1.54) is 39.9 Å². The van der Waals surface area contributed by atoms with Crippen molar-refractivity contribution in [3.8, 4) is 10.8 Å². The van der Waals surface area contributed by atoms with Crippen molar-refractivity contribution in [2.24, 2.45) is 0 Å². The van der Waals surface area contributed by atoms with Crippen molar-refractivity contribution in [2.75, 3.05) is 12.4 Å². The van der Waals surface area contributed by atoms with E-state index in [4.69, 9.17) is 4.74 Å². The van der Waals surface area contributed by atoms with Crippen LogP contribution in [0.25, 0.3) is 5.00 Å². The average molecular weight is 502 g/mol. The quantitative estimate of drug-likeness (QED) is 0.328. The van der Waals surface area contributed by atoms with E-state index in [2.05, 4.69) is 22.1 Å². The molecule has 2 aliphatic rings. The zero-order valence-corrected chi connectivity index (χ0v) is 21.2. The minimum atomic E-state index is -0.343. The van der Waals surface area contributed by atoms with E-state index in [0.29, 0.717) is 17.8 Å². The van der Waals surface area contributed by atoms with Crippen molar-refractivity contribution < 1.29 is 13.9 Å². The van der Waals surface area contributed by atoms with Crippen molar-refractivity contribution in [3.63, 3.8) is 0 Å². The second-order valence-corrected chi connectivity index (χ2v) is 10.6. The van der Waals surface area contributed by atoms with Gasteiger partial charge in [-0.3, -0.25) is 0 Å². The molecule has 1 N–H and O–H groups in total. The van der Waals surface area contributed by atoms with Crippen LogP contribution in [-0.4, -0.2) is 22.6 Å². The van der Waals surface area contributed by atoms with E-state index in [0.717, 1.165) is 29.8 Å². The molecule has 1 aliphatic heterocycles. The van der Waals surface area contributed by atoms with Gasteiger partial charge < -0.3 is 19.5 Å². The number of nitrogens with zero attached hydrogens (tertiary/aromatic N) is 2. The van der Waals surface area contributed by atoms with Gasteiger partial charge in [-0.15, -0.1) is 11.3 Å². The Bertz CT molecular complexity index is 1460. The van der Waals surface area contributed by atoms with Gasteiger partial charge in [-0.2, -0.15) is 0 Å². The van der Waals surface area contributed by atoms with Gasteiger partial charge in [-0.05, 0) is 85.7 Å². The van der Waals surface area contributed by atoms with Gasteiger partial charge in [-0.25, -0.2) is 9.18 Å². The van der Waals surface area contributed by atoms with Crippen molar-refractivity contribution >= 4 is 23.1 Å². The highest BCUT2D eigenvalue weighted by molar-refractivity contribution is 7.15. The van der Waals surface area contributed by atoms with Crippen molar-refractivity contribution in [2.45, 2.75) is 45.2 Å². The number of amides is 2. The number of thiophene rings is 1. The van der Waals surface area contributed by atoms with E-state index in [-0.39, 0.29) is 17.9 Å². The summed E-state index contributed by atoms with van der Waals surface area (Å²) in [4.78, 5) is 17.3. The number of hydrogen-bond donors (Lipinski definition) is 1. The maximum Gasteiger partial charge on any atom is 0.322 e. The Morgan fingerprint density at radius 1 is 1.08 bits per heavy atom. The van der Waals surface area contributed by atoms with Crippen LogP contribution in [-0.2, 0) is 19.4 Å². The van der Waals surface area contributed by atoms with Crippen LogP contribution in [0.2, 0.25) is 0 Å². The second kappa shape index (κ2) is 9.13. The molecule has 0 fully saturated rings. The molecule has 36 heavy (non-hydrogen) atoms. The van der Waals surface area contributed by atoms with E-state index >= 15 is 0 Å². The molecule has 2 amide bonds. The highest BCUT2D eigenvalue weighted by Gasteiger charge is 2.36. The first-order chi connectivity index (χ1) is 17.5. The molecule has 0 unspecified atom stereocenters. The number of hydrogen-bond acceptors (Lipinski definition) is 3. The highest BCUT2D eigenvalue weighted by atomic mass is 32.1. The Balaban J connectivity index is 1.49. The number of nitrogens with one attached hydrogen (secondary N) is 1. The maximum absolute atomic E-state index is 14.3. The third kappa shape index (κ3) is 3.88. The summed E-state index contributed by atoms with van der Waals surface area (Å²) in [5, 5.41) is 4.17. The predicted molar refractivity (Wildman–Crippen MR) is 141 cm³/mol. The van der Waals surface area contributed by atoms with E-state index < -0.39 is 0 Å². The largest absolute Gasteiger partial charge is 0.497 e. The van der Waals surface area contributed by atoms with E-state index in [9.17, 15) is 9.18 Å². The van der Waals surface area contributed by atoms with Gasteiger partial charge in [-0.1, -0.05) is 18.2 Å². The maximum atomic E-state index is 14.3. The topological polar surface area (TPSA) is 46.5 Å². The molecule has 4 aromatic rings. The molecule has 6 rings (SSSR count). The lowest BCUT2D eigenvalue weighted by Gasteiger charge is -2.31. The molecule has 1 aliphatic carbocycles. The first-order valence-electron chi connectivity index (χ1n) is 12.3. The molecule has 184 valence electrons.